The maximum Gasteiger partial charge on any atom is 0.357 e. The van der Waals surface area contributed by atoms with Gasteiger partial charge in [0.15, 0.2) is 0 Å². The number of hydrogen-bond donors (Lipinski definition) is 2. The van der Waals surface area contributed by atoms with Gasteiger partial charge in [-0.05, 0) is 19.3 Å². The lowest BCUT2D eigenvalue weighted by Crippen LogP contribution is -2.23. The van der Waals surface area contributed by atoms with Crippen LogP contribution < -0.4 is 11.4 Å². The molecule has 3 rings (SSSR count). The fourth-order valence-electron chi connectivity index (χ4n) is 2.44. The van der Waals surface area contributed by atoms with E-state index in [9.17, 15) is 9.90 Å². The molecule has 0 spiro atoms. The van der Waals surface area contributed by atoms with Gasteiger partial charge < -0.3 is 15.4 Å². The van der Waals surface area contributed by atoms with E-state index in [4.69, 9.17) is 5.73 Å². The molecule has 90 valence electrons. The minimum atomic E-state index is -0.446. The molecule has 1 saturated carbocycles. The Kier molecular flexibility index (Phi) is 2.15. The number of hydrogen-bond acceptors (Lipinski definition) is 5. The Bertz CT molecular complexity index is 617. The first-order chi connectivity index (χ1) is 8.16. The van der Waals surface area contributed by atoms with Gasteiger partial charge in [0.2, 0.25) is 11.7 Å². The molecule has 0 aliphatic heterocycles. The fourth-order valence-corrected chi connectivity index (χ4v) is 2.44. The van der Waals surface area contributed by atoms with Crippen LogP contribution in [0.1, 0.15) is 25.3 Å². The lowest BCUT2D eigenvalue weighted by Gasteiger charge is -2.16. The first kappa shape index (κ1) is 10.3. The van der Waals surface area contributed by atoms with Gasteiger partial charge in [0, 0.05) is 12.4 Å². The number of anilines is 1. The van der Waals surface area contributed by atoms with Gasteiger partial charge in [-0.25, -0.2) is 9.20 Å². The molecule has 1 fully saturated rings. The highest BCUT2D eigenvalue weighted by molar-refractivity contribution is 5.35. The molecule has 0 amide bonds. The van der Waals surface area contributed by atoms with Gasteiger partial charge >= 0.3 is 5.69 Å². The van der Waals surface area contributed by atoms with Gasteiger partial charge in [-0.2, -0.15) is 9.97 Å². The molecule has 2 heterocycles. The average Bonchev–Trinajstić information content (AvgIpc) is 2.84. The van der Waals surface area contributed by atoms with Crippen molar-refractivity contribution in [3.8, 4) is 0 Å². The van der Waals surface area contributed by atoms with Crippen molar-refractivity contribution in [3.05, 3.63) is 22.9 Å². The van der Waals surface area contributed by atoms with Crippen LogP contribution in [-0.4, -0.2) is 30.1 Å². The Morgan fingerprint density at radius 1 is 1.35 bits per heavy atom. The number of fused-ring (bicyclic) bond motifs is 1. The van der Waals surface area contributed by atoms with E-state index in [2.05, 4.69) is 9.97 Å². The summed E-state index contributed by atoms with van der Waals surface area (Å²) in [7, 11) is 0. The third-order valence-electron chi connectivity index (χ3n) is 3.25. The second kappa shape index (κ2) is 3.56. The Morgan fingerprint density at radius 3 is 2.88 bits per heavy atom. The average molecular weight is 235 g/mol. The first-order valence-electron chi connectivity index (χ1n) is 5.57. The molecule has 7 heteroatoms. The SMILES string of the molecule is Nc1nc(=O)n2ccn(C3CCCC3O)c2n1. The number of aliphatic hydroxyl groups excluding tert-OH is 1. The van der Waals surface area contributed by atoms with Crippen LogP contribution in [0.2, 0.25) is 0 Å². The van der Waals surface area contributed by atoms with Gasteiger partial charge in [-0.15, -0.1) is 0 Å². The summed E-state index contributed by atoms with van der Waals surface area (Å²) in [6.45, 7) is 0. The first-order valence-corrected chi connectivity index (χ1v) is 5.57. The molecule has 1 aliphatic rings. The Hall–Kier alpha value is -1.89. The van der Waals surface area contributed by atoms with Crippen molar-refractivity contribution in [1.82, 2.24) is 18.9 Å². The molecule has 3 N–H and O–H groups in total. The van der Waals surface area contributed by atoms with Gasteiger partial charge in [0.25, 0.3) is 0 Å². The van der Waals surface area contributed by atoms with Crippen molar-refractivity contribution in [3.63, 3.8) is 0 Å². The molecule has 17 heavy (non-hydrogen) atoms. The van der Waals surface area contributed by atoms with Gasteiger partial charge in [-0.3, -0.25) is 0 Å². The van der Waals surface area contributed by atoms with Crippen LogP contribution in [0.25, 0.3) is 5.78 Å². The zero-order chi connectivity index (χ0) is 12.0. The van der Waals surface area contributed by atoms with Crippen LogP contribution in [-0.2, 0) is 0 Å². The maximum atomic E-state index is 11.6. The predicted octanol–water partition coefficient (Wildman–Crippen LogP) is -0.441. The number of aromatic nitrogens is 4. The fraction of sp³-hybridized carbons (Fsp3) is 0.500. The highest BCUT2D eigenvalue weighted by Crippen LogP contribution is 2.30. The molecule has 0 saturated heterocycles. The van der Waals surface area contributed by atoms with Gasteiger partial charge in [0.1, 0.15) is 0 Å². The molecule has 2 unspecified atom stereocenters. The summed E-state index contributed by atoms with van der Waals surface area (Å²) >= 11 is 0. The Morgan fingerprint density at radius 2 is 2.18 bits per heavy atom. The van der Waals surface area contributed by atoms with Crippen molar-refractivity contribution in [2.24, 2.45) is 0 Å². The predicted molar refractivity (Wildman–Crippen MR) is 60.6 cm³/mol. The van der Waals surface area contributed by atoms with E-state index in [0.29, 0.717) is 5.78 Å². The molecule has 2 aromatic heterocycles. The van der Waals surface area contributed by atoms with E-state index in [1.165, 1.54) is 4.40 Å². The van der Waals surface area contributed by atoms with E-state index in [1.807, 2.05) is 0 Å². The quantitative estimate of drug-likeness (QED) is 0.698. The van der Waals surface area contributed by atoms with Gasteiger partial charge in [-0.1, -0.05) is 0 Å². The lowest BCUT2D eigenvalue weighted by atomic mass is 10.2. The minimum Gasteiger partial charge on any atom is -0.391 e. The van der Waals surface area contributed by atoms with Crippen molar-refractivity contribution >= 4 is 11.7 Å². The molecule has 7 nitrogen and oxygen atoms in total. The number of nitrogens with zero attached hydrogens (tertiary/aromatic N) is 4. The van der Waals surface area contributed by atoms with Crippen LogP contribution in [0, 0.1) is 0 Å². The standard InChI is InChI=1S/C10H13N5O2/c11-8-12-9-14(6-2-1-3-7(6)16)4-5-15(9)10(17)13-8/h4-7,16H,1-3H2,(H2,11,13,17). The summed E-state index contributed by atoms with van der Waals surface area (Å²) in [6.07, 6.45) is 5.58. The summed E-state index contributed by atoms with van der Waals surface area (Å²) in [5.41, 5.74) is 5.03. The van der Waals surface area contributed by atoms with Crippen molar-refractivity contribution in [2.45, 2.75) is 31.4 Å². The van der Waals surface area contributed by atoms with Crippen LogP contribution in [0.4, 0.5) is 5.95 Å². The summed E-state index contributed by atoms with van der Waals surface area (Å²) in [5.74, 6) is 0.399. The van der Waals surface area contributed by atoms with E-state index in [0.717, 1.165) is 19.3 Å². The molecule has 0 aromatic carbocycles. The summed E-state index contributed by atoms with van der Waals surface area (Å²) in [6, 6.07) is -0.0336. The van der Waals surface area contributed by atoms with Crippen molar-refractivity contribution in [2.75, 3.05) is 5.73 Å². The van der Waals surface area contributed by atoms with E-state index in [-0.39, 0.29) is 12.0 Å². The highest BCUT2D eigenvalue weighted by Gasteiger charge is 2.28. The smallest absolute Gasteiger partial charge is 0.357 e. The number of nitrogen functional groups attached to an aromatic ring is 1. The van der Waals surface area contributed by atoms with Crippen LogP contribution in [0.15, 0.2) is 17.2 Å². The van der Waals surface area contributed by atoms with Crippen LogP contribution >= 0.6 is 0 Å². The van der Waals surface area contributed by atoms with E-state index < -0.39 is 11.8 Å². The van der Waals surface area contributed by atoms with E-state index >= 15 is 0 Å². The summed E-state index contributed by atoms with van der Waals surface area (Å²) in [5, 5.41) is 9.88. The highest BCUT2D eigenvalue weighted by atomic mass is 16.3. The van der Waals surface area contributed by atoms with Crippen LogP contribution in [0.3, 0.4) is 0 Å². The molecule has 0 bridgehead atoms. The molecule has 2 aromatic rings. The molecular formula is C10H13N5O2. The topological polar surface area (TPSA) is 98.4 Å². The van der Waals surface area contributed by atoms with Crippen molar-refractivity contribution < 1.29 is 5.11 Å². The van der Waals surface area contributed by atoms with Gasteiger partial charge in [0.05, 0.1) is 12.1 Å². The zero-order valence-electron chi connectivity index (χ0n) is 9.15. The Labute approximate surface area is 96.5 Å². The summed E-state index contributed by atoms with van der Waals surface area (Å²) in [4.78, 5) is 19.2. The van der Waals surface area contributed by atoms with E-state index in [1.54, 1.807) is 17.0 Å². The maximum absolute atomic E-state index is 11.6. The molecule has 2 atom stereocenters. The summed E-state index contributed by atoms with van der Waals surface area (Å²) < 4.78 is 3.14. The van der Waals surface area contributed by atoms with Crippen molar-refractivity contribution in [1.29, 1.82) is 0 Å². The number of nitrogens with two attached hydrogens (primary N) is 1. The number of rotatable bonds is 1. The number of aliphatic hydroxyl groups is 1. The zero-order valence-corrected chi connectivity index (χ0v) is 9.15. The third kappa shape index (κ3) is 1.50. The molecular weight excluding hydrogens is 222 g/mol. The largest absolute Gasteiger partial charge is 0.391 e. The number of imidazole rings is 1. The minimum absolute atomic E-state index is 0.0336. The lowest BCUT2D eigenvalue weighted by molar-refractivity contribution is 0.138. The monoisotopic (exact) mass is 235 g/mol. The molecule has 0 radical (unpaired) electrons. The third-order valence-corrected chi connectivity index (χ3v) is 3.25. The molecule has 1 aliphatic carbocycles. The Balaban J connectivity index is 2.21. The second-order valence-electron chi connectivity index (χ2n) is 4.31. The second-order valence-corrected chi connectivity index (χ2v) is 4.31. The normalized spacial score (nSPS) is 24.5. The van der Waals surface area contributed by atoms with Crippen LogP contribution in [0.5, 0.6) is 0 Å².